The first-order valence-corrected chi connectivity index (χ1v) is 15.2. The summed E-state index contributed by atoms with van der Waals surface area (Å²) >= 11 is 0. The standard InChI is InChI=1S/C31H57N5O/c1-37-31-20-11-10-19-30(31)29-36-27-17-9-8-15-25-34-23-13-5-3-2-4-12-22-33-24-14-6-7-16-26-35-28-18-21-32/h10-11,19-20,33-36H,2-9,12-18,22-29H2,1H3. The normalized spacial score (nSPS) is 11.0. The van der Waals surface area contributed by atoms with Crippen molar-refractivity contribution >= 4 is 0 Å². The average Bonchev–Trinajstić information content (AvgIpc) is 2.92. The predicted octanol–water partition coefficient (Wildman–Crippen LogP) is 5.93. The number of hydrogen-bond acceptors (Lipinski definition) is 6. The predicted molar refractivity (Wildman–Crippen MR) is 158 cm³/mol. The van der Waals surface area contributed by atoms with E-state index in [0.717, 1.165) is 38.5 Å². The topological polar surface area (TPSA) is 81.1 Å². The van der Waals surface area contributed by atoms with Crippen LogP contribution in [0.2, 0.25) is 0 Å². The van der Waals surface area contributed by atoms with Gasteiger partial charge in [0, 0.05) is 25.1 Å². The molecule has 0 unspecified atom stereocenters. The number of nitrogens with one attached hydrogen (secondary N) is 4. The van der Waals surface area contributed by atoms with Crippen LogP contribution in [0.15, 0.2) is 24.3 Å². The molecule has 0 amide bonds. The molecule has 1 aromatic carbocycles. The van der Waals surface area contributed by atoms with Crippen molar-refractivity contribution in [1.29, 1.82) is 5.26 Å². The molecule has 6 heteroatoms. The van der Waals surface area contributed by atoms with Gasteiger partial charge in [-0.3, -0.25) is 0 Å². The first-order chi connectivity index (χ1) is 18.4. The molecule has 6 nitrogen and oxygen atoms in total. The molecule has 0 heterocycles. The number of benzene rings is 1. The van der Waals surface area contributed by atoms with Gasteiger partial charge in [0.15, 0.2) is 0 Å². The quantitative estimate of drug-likeness (QED) is 0.104. The second kappa shape index (κ2) is 27.4. The molecule has 37 heavy (non-hydrogen) atoms. The van der Waals surface area contributed by atoms with Gasteiger partial charge >= 0.3 is 0 Å². The third-order valence-corrected chi connectivity index (χ3v) is 6.79. The zero-order valence-electron chi connectivity index (χ0n) is 23.9. The summed E-state index contributed by atoms with van der Waals surface area (Å²) in [6.45, 7) is 8.53. The minimum Gasteiger partial charge on any atom is -0.496 e. The van der Waals surface area contributed by atoms with E-state index in [1.54, 1.807) is 7.11 Å². The van der Waals surface area contributed by atoms with Gasteiger partial charge < -0.3 is 26.0 Å². The van der Waals surface area contributed by atoms with Crippen LogP contribution in [0, 0.1) is 11.3 Å². The maximum absolute atomic E-state index is 8.48. The van der Waals surface area contributed by atoms with Crippen LogP contribution >= 0.6 is 0 Å². The third-order valence-electron chi connectivity index (χ3n) is 6.79. The molecule has 0 fully saturated rings. The molecular weight excluding hydrogens is 458 g/mol. The smallest absolute Gasteiger partial charge is 0.123 e. The lowest BCUT2D eigenvalue weighted by atomic mass is 10.1. The van der Waals surface area contributed by atoms with Crippen molar-refractivity contribution in [2.45, 2.75) is 103 Å². The van der Waals surface area contributed by atoms with Crippen molar-refractivity contribution < 1.29 is 4.74 Å². The minimum atomic E-state index is 0.619. The molecular formula is C31H57N5O. The third kappa shape index (κ3) is 22.1. The van der Waals surface area contributed by atoms with E-state index in [4.69, 9.17) is 10.00 Å². The summed E-state index contributed by atoms with van der Waals surface area (Å²) in [4.78, 5) is 0. The van der Waals surface area contributed by atoms with E-state index in [0.29, 0.717) is 6.42 Å². The van der Waals surface area contributed by atoms with Crippen molar-refractivity contribution in [1.82, 2.24) is 21.3 Å². The Labute approximate surface area is 228 Å². The van der Waals surface area contributed by atoms with E-state index < -0.39 is 0 Å². The van der Waals surface area contributed by atoms with Gasteiger partial charge in [-0.2, -0.15) is 5.26 Å². The van der Waals surface area contributed by atoms with Gasteiger partial charge in [-0.1, -0.05) is 69.6 Å². The van der Waals surface area contributed by atoms with Crippen molar-refractivity contribution in [2.75, 3.05) is 52.9 Å². The molecule has 0 saturated carbocycles. The Bertz CT molecular complexity index is 649. The fraction of sp³-hybridized carbons (Fsp3) is 0.774. The monoisotopic (exact) mass is 515 g/mol. The van der Waals surface area contributed by atoms with Gasteiger partial charge in [0.2, 0.25) is 0 Å². The number of rotatable bonds is 28. The first kappa shape index (κ1) is 33.4. The number of nitriles is 1. The number of unbranched alkanes of at least 4 members (excludes halogenated alkanes) is 11. The number of para-hydroxylation sites is 1. The number of nitrogens with zero attached hydrogens (tertiary/aromatic N) is 1. The van der Waals surface area contributed by atoms with Crippen LogP contribution in [0.4, 0.5) is 0 Å². The highest BCUT2D eigenvalue weighted by atomic mass is 16.5. The molecule has 0 aromatic heterocycles. The average molecular weight is 516 g/mol. The van der Waals surface area contributed by atoms with Crippen LogP contribution in [0.3, 0.4) is 0 Å². The molecule has 0 saturated heterocycles. The largest absolute Gasteiger partial charge is 0.496 e. The maximum Gasteiger partial charge on any atom is 0.123 e. The second-order valence-electron chi connectivity index (χ2n) is 10.1. The molecule has 4 N–H and O–H groups in total. The van der Waals surface area contributed by atoms with Crippen molar-refractivity contribution in [3.8, 4) is 11.8 Å². The molecule has 0 aliphatic heterocycles. The zero-order valence-corrected chi connectivity index (χ0v) is 23.9. The minimum absolute atomic E-state index is 0.619. The highest BCUT2D eigenvalue weighted by Crippen LogP contribution is 2.16. The summed E-state index contributed by atoms with van der Waals surface area (Å²) in [5.74, 6) is 0.973. The summed E-state index contributed by atoms with van der Waals surface area (Å²) in [6, 6.07) is 10.4. The first-order valence-electron chi connectivity index (χ1n) is 15.2. The summed E-state index contributed by atoms with van der Waals surface area (Å²) in [6.07, 6.45) is 19.0. The van der Waals surface area contributed by atoms with Gasteiger partial charge in [-0.15, -0.1) is 0 Å². The fourth-order valence-corrected chi connectivity index (χ4v) is 4.51. The molecule has 0 bridgehead atoms. The summed E-state index contributed by atoms with van der Waals surface area (Å²) in [7, 11) is 1.74. The molecule has 0 aliphatic rings. The van der Waals surface area contributed by atoms with Crippen LogP contribution < -0.4 is 26.0 Å². The SMILES string of the molecule is COc1ccccc1CNCCCCCCNCCCCCCCCNCCCCCCNCCC#N. The van der Waals surface area contributed by atoms with Crippen molar-refractivity contribution in [3.05, 3.63) is 29.8 Å². The lowest BCUT2D eigenvalue weighted by Crippen LogP contribution is -2.17. The van der Waals surface area contributed by atoms with E-state index >= 15 is 0 Å². The van der Waals surface area contributed by atoms with E-state index in [9.17, 15) is 0 Å². The summed E-state index contributed by atoms with van der Waals surface area (Å²) in [5.41, 5.74) is 1.23. The Balaban J connectivity index is 1.68. The Morgan fingerprint density at radius 2 is 0.973 bits per heavy atom. The van der Waals surface area contributed by atoms with Crippen molar-refractivity contribution in [3.63, 3.8) is 0 Å². The maximum atomic E-state index is 8.48. The van der Waals surface area contributed by atoms with Gasteiger partial charge in [0.25, 0.3) is 0 Å². The Morgan fingerprint density at radius 3 is 1.43 bits per heavy atom. The zero-order chi connectivity index (χ0) is 26.5. The van der Waals surface area contributed by atoms with E-state index in [1.165, 1.54) is 115 Å². The Morgan fingerprint density at radius 1 is 0.568 bits per heavy atom. The van der Waals surface area contributed by atoms with Gasteiger partial charge in [0.05, 0.1) is 13.2 Å². The summed E-state index contributed by atoms with van der Waals surface area (Å²) in [5, 5.41) is 22.5. The fourth-order valence-electron chi connectivity index (χ4n) is 4.51. The molecule has 1 rings (SSSR count). The van der Waals surface area contributed by atoms with Crippen LogP contribution in [-0.4, -0.2) is 52.9 Å². The number of ether oxygens (including phenoxy) is 1. The van der Waals surface area contributed by atoms with Crippen LogP contribution in [0.5, 0.6) is 5.75 Å². The van der Waals surface area contributed by atoms with Crippen LogP contribution in [0.1, 0.15) is 102 Å². The number of hydrogen-bond donors (Lipinski definition) is 4. The Hall–Kier alpha value is -1.65. The highest BCUT2D eigenvalue weighted by Gasteiger charge is 2.00. The Kier molecular flexibility index (Phi) is 24.7. The van der Waals surface area contributed by atoms with E-state index in [2.05, 4.69) is 39.5 Å². The second-order valence-corrected chi connectivity index (χ2v) is 10.1. The highest BCUT2D eigenvalue weighted by molar-refractivity contribution is 5.32. The number of methoxy groups -OCH3 is 1. The van der Waals surface area contributed by atoms with E-state index in [-0.39, 0.29) is 0 Å². The van der Waals surface area contributed by atoms with E-state index in [1.807, 2.05) is 12.1 Å². The van der Waals surface area contributed by atoms with Gasteiger partial charge in [-0.05, 0) is 83.9 Å². The molecule has 212 valence electrons. The molecule has 1 aromatic rings. The van der Waals surface area contributed by atoms with Crippen molar-refractivity contribution in [2.24, 2.45) is 0 Å². The van der Waals surface area contributed by atoms with Crippen LogP contribution in [-0.2, 0) is 6.54 Å². The van der Waals surface area contributed by atoms with Gasteiger partial charge in [-0.25, -0.2) is 0 Å². The lowest BCUT2D eigenvalue weighted by molar-refractivity contribution is 0.407. The summed E-state index contributed by atoms with van der Waals surface area (Å²) < 4.78 is 5.40. The molecule has 0 aliphatic carbocycles. The molecule has 0 radical (unpaired) electrons. The lowest BCUT2D eigenvalue weighted by Gasteiger charge is -2.09. The molecule has 0 atom stereocenters. The van der Waals surface area contributed by atoms with Gasteiger partial charge in [0.1, 0.15) is 5.75 Å². The van der Waals surface area contributed by atoms with Crippen LogP contribution in [0.25, 0.3) is 0 Å². The molecule has 0 spiro atoms.